The molecule has 9 nitrogen and oxygen atoms in total. The quantitative estimate of drug-likeness (QED) is 0.620. The second kappa shape index (κ2) is 7.83. The first-order valence-corrected chi connectivity index (χ1v) is 11.7. The van der Waals surface area contributed by atoms with Gasteiger partial charge in [-0.15, -0.1) is 0 Å². The van der Waals surface area contributed by atoms with Gasteiger partial charge >= 0.3 is 0 Å². The molecular weight excluding hydrogens is 420 g/mol. The zero-order valence-electron chi connectivity index (χ0n) is 19.4. The number of carbonyl (C=O) groups is 2. The standard InChI is InChI=1S/C24H32N6O3/c1-23(2,22(32)25-3)5-8-30-21(29-7-4-6-26-29)18(14-27-30)20(31)28-19-16-9-15-10-17(19)13-24(33,11-15)12-16/h4-8,14-17,19,33H,9-13H2,1-3H3,(H,25,32)(H,28,31)/b8-5+/t15?,16?,17?,19-,24-. The highest BCUT2D eigenvalue weighted by Crippen LogP contribution is 2.55. The van der Waals surface area contributed by atoms with Crippen LogP contribution in [0.15, 0.2) is 30.7 Å². The first-order valence-electron chi connectivity index (χ1n) is 11.7. The summed E-state index contributed by atoms with van der Waals surface area (Å²) in [6, 6.07) is 1.86. The smallest absolute Gasteiger partial charge is 0.257 e. The molecule has 33 heavy (non-hydrogen) atoms. The monoisotopic (exact) mass is 452 g/mol. The molecular formula is C24H32N6O3. The second-order valence-electron chi connectivity index (χ2n) is 10.6. The van der Waals surface area contributed by atoms with Gasteiger partial charge in [0.1, 0.15) is 5.56 Å². The zero-order chi connectivity index (χ0) is 23.4. The first kappa shape index (κ1) is 21.9. The van der Waals surface area contributed by atoms with Crippen LogP contribution in [0.1, 0.15) is 56.3 Å². The molecule has 2 aromatic heterocycles. The molecule has 0 radical (unpaired) electrons. The Kier molecular flexibility index (Phi) is 5.19. The van der Waals surface area contributed by atoms with Gasteiger partial charge in [-0.3, -0.25) is 9.59 Å². The number of hydrogen-bond acceptors (Lipinski definition) is 5. The number of nitrogens with zero attached hydrogens (tertiary/aromatic N) is 4. The van der Waals surface area contributed by atoms with E-state index in [1.54, 1.807) is 53.3 Å². The highest BCUT2D eigenvalue weighted by molar-refractivity contribution is 5.97. The summed E-state index contributed by atoms with van der Waals surface area (Å²) in [6.45, 7) is 3.63. The number of aromatic nitrogens is 4. The van der Waals surface area contributed by atoms with Gasteiger partial charge in [-0.25, -0.2) is 9.36 Å². The Balaban J connectivity index is 1.42. The van der Waals surface area contributed by atoms with Crippen molar-refractivity contribution in [3.63, 3.8) is 0 Å². The van der Waals surface area contributed by atoms with Crippen LogP contribution >= 0.6 is 0 Å². The van der Waals surface area contributed by atoms with E-state index >= 15 is 0 Å². The molecule has 2 heterocycles. The molecule has 4 saturated carbocycles. The molecule has 0 saturated heterocycles. The lowest BCUT2D eigenvalue weighted by molar-refractivity contribution is -0.136. The Labute approximate surface area is 193 Å². The van der Waals surface area contributed by atoms with Gasteiger partial charge in [-0.2, -0.15) is 10.2 Å². The third-order valence-corrected chi connectivity index (χ3v) is 7.72. The Morgan fingerprint density at radius 1 is 1.21 bits per heavy atom. The summed E-state index contributed by atoms with van der Waals surface area (Å²) in [7, 11) is 1.60. The van der Waals surface area contributed by atoms with Crippen LogP contribution in [0.4, 0.5) is 0 Å². The van der Waals surface area contributed by atoms with Crippen LogP contribution < -0.4 is 10.6 Å². The van der Waals surface area contributed by atoms with E-state index in [0.717, 1.165) is 32.1 Å². The number of aliphatic hydroxyl groups is 1. The van der Waals surface area contributed by atoms with Crippen LogP contribution in [0.2, 0.25) is 0 Å². The fourth-order valence-corrected chi connectivity index (χ4v) is 6.35. The maximum absolute atomic E-state index is 13.4. The van der Waals surface area contributed by atoms with Gasteiger partial charge in [0.05, 0.1) is 17.2 Å². The summed E-state index contributed by atoms with van der Waals surface area (Å²) in [4.78, 5) is 25.6. The average molecular weight is 453 g/mol. The molecule has 0 aliphatic heterocycles. The molecule has 3 N–H and O–H groups in total. The number of amides is 2. The normalized spacial score (nSPS) is 30.7. The molecule has 4 aliphatic carbocycles. The Morgan fingerprint density at radius 2 is 1.94 bits per heavy atom. The molecule has 0 aromatic carbocycles. The van der Waals surface area contributed by atoms with Gasteiger partial charge in [0.25, 0.3) is 5.91 Å². The van der Waals surface area contributed by atoms with Crippen LogP contribution in [0, 0.1) is 23.2 Å². The summed E-state index contributed by atoms with van der Waals surface area (Å²) in [6.07, 6.45) is 13.0. The molecule has 2 atom stereocenters. The summed E-state index contributed by atoms with van der Waals surface area (Å²) in [5, 5.41) is 25.5. The van der Waals surface area contributed by atoms with Crippen LogP contribution in [0.25, 0.3) is 12.0 Å². The number of nitrogens with one attached hydrogen (secondary N) is 2. The number of rotatable bonds is 6. The summed E-state index contributed by atoms with van der Waals surface area (Å²) >= 11 is 0. The molecule has 4 bridgehead atoms. The van der Waals surface area contributed by atoms with E-state index in [9.17, 15) is 14.7 Å². The minimum absolute atomic E-state index is 0.0749. The lowest BCUT2D eigenvalue weighted by Crippen LogP contribution is -2.61. The van der Waals surface area contributed by atoms with Crippen molar-refractivity contribution in [3.05, 3.63) is 36.3 Å². The van der Waals surface area contributed by atoms with E-state index in [4.69, 9.17) is 0 Å². The van der Waals surface area contributed by atoms with Crippen molar-refractivity contribution in [1.82, 2.24) is 30.2 Å². The predicted octanol–water partition coefficient (Wildman–Crippen LogP) is 1.98. The molecule has 0 spiro atoms. The fraction of sp³-hybridized carbons (Fsp3) is 0.583. The van der Waals surface area contributed by atoms with Crippen molar-refractivity contribution in [2.75, 3.05) is 7.05 Å². The Morgan fingerprint density at radius 3 is 2.55 bits per heavy atom. The van der Waals surface area contributed by atoms with Crippen molar-refractivity contribution in [1.29, 1.82) is 0 Å². The van der Waals surface area contributed by atoms with E-state index in [1.165, 1.54) is 0 Å². The van der Waals surface area contributed by atoms with Gasteiger partial charge in [-0.05, 0) is 69.8 Å². The van der Waals surface area contributed by atoms with Crippen molar-refractivity contribution < 1.29 is 14.7 Å². The van der Waals surface area contributed by atoms with Gasteiger partial charge < -0.3 is 15.7 Å². The number of hydrogen-bond donors (Lipinski definition) is 3. The highest BCUT2D eigenvalue weighted by atomic mass is 16.3. The first-order chi connectivity index (χ1) is 15.7. The summed E-state index contributed by atoms with van der Waals surface area (Å²) in [5.41, 5.74) is -0.857. The molecule has 2 unspecified atom stereocenters. The predicted molar refractivity (Wildman–Crippen MR) is 122 cm³/mol. The highest BCUT2D eigenvalue weighted by Gasteiger charge is 2.55. The molecule has 4 aliphatic rings. The molecule has 2 aromatic rings. The zero-order valence-corrected chi connectivity index (χ0v) is 19.4. The maximum atomic E-state index is 13.4. The van der Waals surface area contributed by atoms with Gasteiger partial charge in [-0.1, -0.05) is 6.08 Å². The van der Waals surface area contributed by atoms with Crippen LogP contribution in [-0.2, 0) is 4.79 Å². The molecule has 6 rings (SSSR count). The van der Waals surface area contributed by atoms with Crippen molar-refractivity contribution in [3.8, 4) is 5.82 Å². The van der Waals surface area contributed by atoms with Crippen molar-refractivity contribution >= 4 is 18.0 Å². The summed E-state index contributed by atoms with van der Waals surface area (Å²) < 4.78 is 3.19. The number of carbonyl (C=O) groups excluding carboxylic acids is 2. The van der Waals surface area contributed by atoms with E-state index in [-0.39, 0.29) is 17.9 Å². The minimum Gasteiger partial charge on any atom is -0.390 e. The van der Waals surface area contributed by atoms with E-state index in [0.29, 0.717) is 29.1 Å². The van der Waals surface area contributed by atoms with Crippen molar-refractivity contribution in [2.45, 2.75) is 57.6 Å². The third kappa shape index (κ3) is 3.88. The van der Waals surface area contributed by atoms with E-state index in [1.807, 2.05) is 13.8 Å². The van der Waals surface area contributed by atoms with Crippen LogP contribution in [-0.4, -0.2) is 55.2 Å². The Bertz CT molecular complexity index is 1070. The summed E-state index contributed by atoms with van der Waals surface area (Å²) in [5.74, 6) is 1.44. The van der Waals surface area contributed by atoms with E-state index < -0.39 is 11.0 Å². The third-order valence-electron chi connectivity index (χ3n) is 7.72. The molecule has 2 amide bonds. The molecule has 9 heteroatoms. The lowest BCUT2D eigenvalue weighted by Gasteiger charge is -2.58. The SMILES string of the molecule is CNC(=O)C(C)(C)/C=C/n1ncc(C(=O)N[C@H]2C3CC4CC2C[C@](O)(C4)C3)c1-n1cccn1. The van der Waals surface area contributed by atoms with Gasteiger partial charge in [0.15, 0.2) is 5.82 Å². The van der Waals surface area contributed by atoms with Crippen molar-refractivity contribution in [2.24, 2.45) is 23.2 Å². The van der Waals surface area contributed by atoms with Gasteiger partial charge in [0.2, 0.25) is 5.91 Å². The topological polar surface area (TPSA) is 114 Å². The fourth-order valence-electron chi connectivity index (χ4n) is 6.35. The minimum atomic E-state index is -0.745. The molecule has 176 valence electrons. The van der Waals surface area contributed by atoms with E-state index in [2.05, 4.69) is 20.8 Å². The Hall–Kier alpha value is -2.94. The van der Waals surface area contributed by atoms with Crippen LogP contribution in [0.3, 0.4) is 0 Å². The van der Waals surface area contributed by atoms with Crippen LogP contribution in [0.5, 0.6) is 0 Å². The lowest BCUT2D eigenvalue weighted by atomic mass is 9.52. The second-order valence-corrected chi connectivity index (χ2v) is 10.6. The average Bonchev–Trinajstić information content (AvgIpc) is 3.42. The molecule has 4 fully saturated rings. The maximum Gasteiger partial charge on any atom is 0.257 e. The largest absolute Gasteiger partial charge is 0.390 e. The van der Waals surface area contributed by atoms with Gasteiger partial charge in [0, 0.05) is 31.7 Å².